The molecule has 1 unspecified atom stereocenters. The van der Waals surface area contributed by atoms with Crippen LogP contribution in [0.15, 0.2) is 0 Å². The number of ether oxygens (including phenoxy) is 1. The summed E-state index contributed by atoms with van der Waals surface area (Å²) in [5.41, 5.74) is 0. The Bertz CT molecular complexity index is 212. The Hall–Kier alpha value is -0.160. The largest absolute Gasteiger partial charge is 0.466 e. The van der Waals surface area contributed by atoms with Crippen molar-refractivity contribution in [3.05, 3.63) is 0 Å². The SMILES string of the molecule is CCOC(=O)CC(=O)C1CSCCS1. The summed E-state index contributed by atoms with van der Waals surface area (Å²) >= 11 is 3.43. The van der Waals surface area contributed by atoms with Crippen LogP contribution in [0.3, 0.4) is 0 Å². The fourth-order valence-corrected chi connectivity index (χ4v) is 3.79. The average Bonchev–Trinajstić information content (AvgIpc) is 2.19. The average molecular weight is 234 g/mol. The first-order chi connectivity index (χ1) is 6.74. The van der Waals surface area contributed by atoms with Gasteiger partial charge in [-0.25, -0.2) is 0 Å². The second-order valence-corrected chi connectivity index (χ2v) is 5.34. The van der Waals surface area contributed by atoms with E-state index in [1.54, 1.807) is 30.4 Å². The summed E-state index contributed by atoms with van der Waals surface area (Å²) in [5, 5.41) is -0.00171. The Kier molecular flexibility index (Phi) is 5.40. The van der Waals surface area contributed by atoms with Gasteiger partial charge < -0.3 is 4.74 Å². The number of thioether (sulfide) groups is 2. The Morgan fingerprint density at radius 3 is 2.79 bits per heavy atom. The molecule has 1 atom stereocenters. The summed E-state index contributed by atoms with van der Waals surface area (Å²) in [6, 6.07) is 0. The highest BCUT2D eigenvalue weighted by atomic mass is 32.2. The molecule has 80 valence electrons. The molecule has 0 aromatic heterocycles. The van der Waals surface area contributed by atoms with E-state index in [4.69, 9.17) is 4.74 Å². The normalized spacial score (nSPS) is 21.6. The van der Waals surface area contributed by atoms with Crippen LogP contribution in [-0.2, 0) is 14.3 Å². The molecule has 1 fully saturated rings. The third-order valence-corrected chi connectivity index (χ3v) is 4.60. The molecule has 0 N–H and O–H groups in total. The molecule has 1 heterocycles. The van der Waals surface area contributed by atoms with Gasteiger partial charge in [0.15, 0.2) is 5.78 Å². The summed E-state index contributed by atoms with van der Waals surface area (Å²) in [7, 11) is 0. The van der Waals surface area contributed by atoms with Crippen LogP contribution < -0.4 is 0 Å². The van der Waals surface area contributed by atoms with Crippen LogP contribution in [-0.4, -0.2) is 40.9 Å². The molecule has 0 spiro atoms. The lowest BCUT2D eigenvalue weighted by atomic mass is 10.2. The summed E-state index contributed by atoms with van der Waals surface area (Å²) in [5.74, 6) is 2.56. The molecule has 1 aliphatic rings. The molecular formula is C9H14O3S2. The van der Waals surface area contributed by atoms with Crippen molar-refractivity contribution in [2.45, 2.75) is 18.6 Å². The lowest BCUT2D eigenvalue weighted by Crippen LogP contribution is -2.26. The van der Waals surface area contributed by atoms with Crippen molar-refractivity contribution in [2.75, 3.05) is 23.9 Å². The van der Waals surface area contributed by atoms with Crippen LogP contribution >= 0.6 is 23.5 Å². The maximum absolute atomic E-state index is 11.5. The Balaban J connectivity index is 2.29. The van der Waals surface area contributed by atoms with Crippen LogP contribution in [0.2, 0.25) is 0 Å². The smallest absolute Gasteiger partial charge is 0.313 e. The van der Waals surface area contributed by atoms with E-state index >= 15 is 0 Å². The Labute approximate surface area is 92.3 Å². The minimum absolute atomic E-state index is 0.00171. The Morgan fingerprint density at radius 1 is 1.43 bits per heavy atom. The lowest BCUT2D eigenvalue weighted by Gasteiger charge is -2.19. The number of esters is 1. The van der Waals surface area contributed by atoms with Gasteiger partial charge in [0.25, 0.3) is 0 Å². The number of carbonyl (C=O) groups excluding carboxylic acids is 2. The van der Waals surface area contributed by atoms with Crippen molar-refractivity contribution in [1.82, 2.24) is 0 Å². The monoisotopic (exact) mass is 234 g/mol. The molecule has 1 aliphatic heterocycles. The molecule has 0 aromatic carbocycles. The molecule has 5 heteroatoms. The predicted molar refractivity (Wildman–Crippen MR) is 59.8 cm³/mol. The van der Waals surface area contributed by atoms with Gasteiger partial charge in [0, 0.05) is 17.3 Å². The van der Waals surface area contributed by atoms with Crippen LogP contribution in [0.25, 0.3) is 0 Å². The number of Topliss-reactive ketones (excluding diaryl/α,β-unsaturated/α-hetero) is 1. The predicted octanol–water partition coefficient (Wildman–Crippen LogP) is 1.36. The van der Waals surface area contributed by atoms with Crippen LogP contribution in [0, 0.1) is 0 Å². The van der Waals surface area contributed by atoms with Gasteiger partial charge in [-0.05, 0) is 6.92 Å². The quantitative estimate of drug-likeness (QED) is 0.543. The summed E-state index contributed by atoms with van der Waals surface area (Å²) in [6.07, 6.45) is -0.0634. The van der Waals surface area contributed by atoms with Crippen molar-refractivity contribution in [3.8, 4) is 0 Å². The maximum Gasteiger partial charge on any atom is 0.313 e. The standard InChI is InChI=1S/C9H14O3S2/c1-2-12-9(11)5-7(10)8-6-13-3-4-14-8/h8H,2-6H2,1H3. The van der Waals surface area contributed by atoms with Crippen LogP contribution in [0.1, 0.15) is 13.3 Å². The minimum atomic E-state index is -0.395. The zero-order valence-electron chi connectivity index (χ0n) is 8.15. The molecule has 3 nitrogen and oxygen atoms in total. The molecule has 0 radical (unpaired) electrons. The number of carbonyl (C=O) groups is 2. The summed E-state index contributed by atoms with van der Waals surface area (Å²) in [6.45, 7) is 2.09. The highest BCUT2D eigenvalue weighted by molar-refractivity contribution is 8.07. The number of ketones is 1. The molecule has 0 aromatic rings. The van der Waals surface area contributed by atoms with Crippen molar-refractivity contribution in [3.63, 3.8) is 0 Å². The minimum Gasteiger partial charge on any atom is -0.466 e. The fourth-order valence-electron chi connectivity index (χ4n) is 1.14. The van der Waals surface area contributed by atoms with E-state index < -0.39 is 5.97 Å². The van der Waals surface area contributed by atoms with E-state index in [2.05, 4.69) is 0 Å². The van der Waals surface area contributed by atoms with Gasteiger partial charge in [0.05, 0.1) is 11.9 Å². The maximum atomic E-state index is 11.5. The van der Waals surface area contributed by atoms with Gasteiger partial charge in [-0.1, -0.05) is 0 Å². The third kappa shape index (κ3) is 3.92. The molecule has 1 rings (SSSR count). The van der Waals surface area contributed by atoms with Gasteiger partial charge in [-0.15, -0.1) is 11.8 Å². The van der Waals surface area contributed by atoms with Crippen molar-refractivity contribution < 1.29 is 14.3 Å². The van der Waals surface area contributed by atoms with E-state index in [1.165, 1.54) is 0 Å². The van der Waals surface area contributed by atoms with Crippen molar-refractivity contribution >= 4 is 35.3 Å². The molecule has 0 bridgehead atoms. The van der Waals surface area contributed by atoms with Crippen molar-refractivity contribution in [1.29, 1.82) is 0 Å². The number of rotatable bonds is 4. The molecule has 1 saturated heterocycles. The first-order valence-electron chi connectivity index (χ1n) is 4.61. The van der Waals surface area contributed by atoms with Crippen LogP contribution in [0.5, 0.6) is 0 Å². The zero-order chi connectivity index (χ0) is 10.4. The van der Waals surface area contributed by atoms with Gasteiger partial charge in [-0.2, -0.15) is 11.8 Å². The highest BCUT2D eigenvalue weighted by Crippen LogP contribution is 2.25. The van der Waals surface area contributed by atoms with E-state index in [9.17, 15) is 9.59 Å². The van der Waals surface area contributed by atoms with E-state index in [0.717, 1.165) is 17.3 Å². The molecule has 0 amide bonds. The van der Waals surface area contributed by atoms with Gasteiger partial charge >= 0.3 is 5.97 Å². The second kappa shape index (κ2) is 6.35. The highest BCUT2D eigenvalue weighted by Gasteiger charge is 2.24. The van der Waals surface area contributed by atoms with Gasteiger partial charge in [0.1, 0.15) is 6.42 Å². The molecule has 0 saturated carbocycles. The number of hydrogen-bond acceptors (Lipinski definition) is 5. The van der Waals surface area contributed by atoms with E-state index in [-0.39, 0.29) is 17.5 Å². The first-order valence-corrected chi connectivity index (χ1v) is 6.82. The molecular weight excluding hydrogens is 220 g/mol. The van der Waals surface area contributed by atoms with Gasteiger partial charge in [-0.3, -0.25) is 9.59 Å². The fraction of sp³-hybridized carbons (Fsp3) is 0.778. The summed E-state index contributed by atoms with van der Waals surface area (Å²) in [4.78, 5) is 22.6. The van der Waals surface area contributed by atoms with E-state index in [1.807, 2.05) is 0 Å². The molecule has 0 aliphatic carbocycles. The molecule has 14 heavy (non-hydrogen) atoms. The zero-order valence-corrected chi connectivity index (χ0v) is 9.79. The van der Waals surface area contributed by atoms with E-state index in [0.29, 0.717) is 6.61 Å². The Morgan fingerprint density at radius 2 is 2.21 bits per heavy atom. The summed E-state index contributed by atoms with van der Waals surface area (Å²) < 4.78 is 4.73. The lowest BCUT2D eigenvalue weighted by molar-refractivity contribution is -0.145. The van der Waals surface area contributed by atoms with Gasteiger partial charge in [0.2, 0.25) is 0 Å². The number of hydrogen-bond donors (Lipinski definition) is 0. The van der Waals surface area contributed by atoms with Crippen molar-refractivity contribution in [2.24, 2.45) is 0 Å². The second-order valence-electron chi connectivity index (χ2n) is 2.88. The topological polar surface area (TPSA) is 43.4 Å². The van der Waals surface area contributed by atoms with Crippen LogP contribution in [0.4, 0.5) is 0 Å². The third-order valence-electron chi connectivity index (χ3n) is 1.80. The first kappa shape index (κ1) is 11.9.